The predicted octanol–water partition coefficient (Wildman–Crippen LogP) is 4.89. The van der Waals surface area contributed by atoms with Gasteiger partial charge in [-0.05, 0) is 59.4 Å². The van der Waals surface area contributed by atoms with Crippen LogP contribution < -0.4 is 19.6 Å². The lowest BCUT2D eigenvalue weighted by Crippen LogP contribution is -2.38. The molecule has 0 spiro atoms. The van der Waals surface area contributed by atoms with Gasteiger partial charge in [-0.25, -0.2) is 4.99 Å². The number of benzene rings is 3. The van der Waals surface area contributed by atoms with Crippen molar-refractivity contribution in [3.8, 4) is 5.75 Å². The summed E-state index contributed by atoms with van der Waals surface area (Å²) in [5, 5.41) is 12.1. The molecule has 2 aliphatic rings. The summed E-state index contributed by atoms with van der Waals surface area (Å²) in [7, 11) is 1.39. The lowest BCUT2D eigenvalue weighted by atomic mass is 9.83. The van der Waals surface area contributed by atoms with E-state index in [1.165, 1.54) is 36.1 Å². The summed E-state index contributed by atoms with van der Waals surface area (Å²) >= 11 is 7.46. The lowest BCUT2D eigenvalue weighted by molar-refractivity contribution is -0.385. The second-order valence-corrected chi connectivity index (χ2v) is 10.3. The number of hydrogen-bond acceptors (Lipinski definition) is 6. The molecular weight excluding hydrogens is 510 g/mol. The van der Waals surface area contributed by atoms with Gasteiger partial charge in [0, 0.05) is 16.7 Å². The first kappa shape index (κ1) is 23.4. The SMILES string of the molecule is COc1ccc(C=c2sc3n(c2=O)C(c2ccc(Cl)cc2)C2=C(N=3)c3ccccc3CC2)cc1[N+](=O)[O-]. The van der Waals surface area contributed by atoms with E-state index in [1.807, 2.05) is 36.4 Å². The molecule has 3 aromatic carbocycles. The molecule has 0 bridgehead atoms. The van der Waals surface area contributed by atoms with Gasteiger partial charge in [-0.3, -0.25) is 19.5 Å². The molecule has 0 fully saturated rings. The summed E-state index contributed by atoms with van der Waals surface area (Å²) < 4.78 is 7.30. The van der Waals surface area contributed by atoms with Crippen LogP contribution in [0.3, 0.4) is 0 Å². The number of thiazole rings is 1. The van der Waals surface area contributed by atoms with Crippen LogP contribution in [0.2, 0.25) is 5.02 Å². The Hall–Kier alpha value is -4.01. The van der Waals surface area contributed by atoms with Gasteiger partial charge in [0.25, 0.3) is 5.56 Å². The molecular formula is C28H20ClN3O4S. The van der Waals surface area contributed by atoms with E-state index < -0.39 is 4.92 Å². The van der Waals surface area contributed by atoms with E-state index >= 15 is 0 Å². The number of hydrogen-bond donors (Lipinski definition) is 0. The Morgan fingerprint density at radius 1 is 1.14 bits per heavy atom. The number of halogens is 1. The maximum absolute atomic E-state index is 13.8. The number of aryl methyl sites for hydroxylation is 1. The Kier molecular flexibility index (Phi) is 5.78. The molecule has 0 saturated heterocycles. The number of nitrogens with zero attached hydrogens (tertiary/aromatic N) is 3. The summed E-state index contributed by atoms with van der Waals surface area (Å²) in [6.07, 6.45) is 3.33. The molecule has 1 aliphatic heterocycles. The fraction of sp³-hybridized carbons (Fsp3) is 0.143. The molecule has 6 rings (SSSR count). The zero-order valence-electron chi connectivity index (χ0n) is 19.7. The molecule has 37 heavy (non-hydrogen) atoms. The summed E-state index contributed by atoms with van der Waals surface area (Å²) in [6.45, 7) is 0. The van der Waals surface area contributed by atoms with Gasteiger partial charge in [-0.15, -0.1) is 0 Å². The number of ether oxygens (including phenoxy) is 1. The monoisotopic (exact) mass is 529 g/mol. The zero-order valence-corrected chi connectivity index (χ0v) is 21.3. The first-order chi connectivity index (χ1) is 17.9. The highest BCUT2D eigenvalue weighted by Crippen LogP contribution is 2.41. The van der Waals surface area contributed by atoms with Crippen LogP contribution in [0.1, 0.15) is 34.7 Å². The molecule has 0 N–H and O–H groups in total. The molecule has 0 amide bonds. The number of rotatable bonds is 4. The van der Waals surface area contributed by atoms with Crippen LogP contribution in [-0.2, 0) is 6.42 Å². The van der Waals surface area contributed by atoms with Gasteiger partial charge in [0.2, 0.25) is 0 Å². The van der Waals surface area contributed by atoms with Gasteiger partial charge >= 0.3 is 5.69 Å². The smallest absolute Gasteiger partial charge is 0.311 e. The highest BCUT2D eigenvalue weighted by Gasteiger charge is 2.32. The second-order valence-electron chi connectivity index (χ2n) is 8.85. The predicted molar refractivity (Wildman–Crippen MR) is 144 cm³/mol. The largest absolute Gasteiger partial charge is 0.490 e. The third-order valence-electron chi connectivity index (χ3n) is 6.76. The highest BCUT2D eigenvalue weighted by molar-refractivity contribution is 7.07. The Balaban J connectivity index is 1.58. The van der Waals surface area contributed by atoms with Crippen LogP contribution in [0, 0.1) is 10.1 Å². The molecule has 0 radical (unpaired) electrons. The van der Waals surface area contributed by atoms with Crippen molar-refractivity contribution in [2.24, 2.45) is 4.99 Å². The molecule has 184 valence electrons. The minimum atomic E-state index is -0.496. The van der Waals surface area contributed by atoms with Crippen LogP contribution in [0.5, 0.6) is 5.75 Å². The minimum absolute atomic E-state index is 0.157. The molecule has 1 aromatic heterocycles. The Labute approximate surface area is 220 Å². The van der Waals surface area contributed by atoms with Gasteiger partial charge in [-0.2, -0.15) is 0 Å². The molecule has 1 atom stereocenters. The molecule has 2 heterocycles. The molecule has 9 heteroatoms. The molecule has 0 saturated carbocycles. The molecule has 4 aromatic rings. The first-order valence-corrected chi connectivity index (χ1v) is 12.8. The zero-order chi connectivity index (χ0) is 25.7. The average molecular weight is 530 g/mol. The Morgan fingerprint density at radius 3 is 2.68 bits per heavy atom. The number of nitro groups is 1. The van der Waals surface area contributed by atoms with Gasteiger partial charge in [0.05, 0.1) is 28.3 Å². The van der Waals surface area contributed by atoms with E-state index in [4.69, 9.17) is 21.3 Å². The van der Waals surface area contributed by atoms with Crippen molar-refractivity contribution >= 4 is 40.4 Å². The van der Waals surface area contributed by atoms with Crippen LogP contribution in [0.15, 0.2) is 82.1 Å². The van der Waals surface area contributed by atoms with Crippen molar-refractivity contribution in [2.45, 2.75) is 18.9 Å². The van der Waals surface area contributed by atoms with Gasteiger partial charge in [0.1, 0.15) is 0 Å². The molecule has 1 aliphatic carbocycles. The topological polar surface area (TPSA) is 86.7 Å². The fourth-order valence-electron chi connectivity index (χ4n) is 5.06. The van der Waals surface area contributed by atoms with Crippen molar-refractivity contribution < 1.29 is 9.66 Å². The standard InChI is InChI=1S/C28H20ClN3O4S/c1-36-23-13-6-16(14-22(23)32(34)35)15-24-27(33)31-26(18-7-10-19(29)11-8-18)21-12-9-17-4-2-3-5-20(17)25(21)30-28(31)37-24/h2-8,10-11,13-15,26H,9,12H2,1H3. The Bertz CT molecular complexity index is 1790. The quantitative estimate of drug-likeness (QED) is 0.278. The van der Waals surface area contributed by atoms with Crippen LogP contribution in [-0.4, -0.2) is 16.6 Å². The average Bonchev–Trinajstić information content (AvgIpc) is 3.22. The van der Waals surface area contributed by atoms with E-state index in [2.05, 4.69) is 12.1 Å². The van der Waals surface area contributed by atoms with Crippen molar-refractivity contribution in [1.29, 1.82) is 0 Å². The van der Waals surface area contributed by atoms with Crippen LogP contribution in [0.25, 0.3) is 11.8 Å². The maximum Gasteiger partial charge on any atom is 0.311 e. The van der Waals surface area contributed by atoms with E-state index in [9.17, 15) is 14.9 Å². The fourth-order valence-corrected chi connectivity index (χ4v) is 6.19. The van der Waals surface area contributed by atoms with E-state index in [1.54, 1.807) is 16.7 Å². The van der Waals surface area contributed by atoms with Gasteiger partial charge < -0.3 is 4.74 Å². The summed E-state index contributed by atoms with van der Waals surface area (Å²) in [5.41, 5.74) is 5.49. The third-order valence-corrected chi connectivity index (χ3v) is 7.99. The Morgan fingerprint density at radius 2 is 1.92 bits per heavy atom. The first-order valence-electron chi connectivity index (χ1n) is 11.7. The van der Waals surface area contributed by atoms with Crippen molar-refractivity contribution in [1.82, 2.24) is 4.57 Å². The van der Waals surface area contributed by atoms with E-state index in [0.717, 1.165) is 35.2 Å². The van der Waals surface area contributed by atoms with Crippen LogP contribution in [0.4, 0.5) is 5.69 Å². The number of aromatic nitrogens is 1. The lowest BCUT2D eigenvalue weighted by Gasteiger charge is -2.30. The maximum atomic E-state index is 13.8. The summed E-state index contributed by atoms with van der Waals surface area (Å²) in [4.78, 5) is 30.4. The van der Waals surface area contributed by atoms with Crippen molar-refractivity contribution in [3.05, 3.63) is 129 Å². The normalized spacial score (nSPS) is 16.5. The van der Waals surface area contributed by atoms with Gasteiger partial charge in [0.15, 0.2) is 10.6 Å². The van der Waals surface area contributed by atoms with E-state index in [-0.39, 0.29) is 23.0 Å². The number of allylic oxidation sites excluding steroid dienone is 1. The second kappa shape index (κ2) is 9.14. The van der Waals surface area contributed by atoms with Crippen molar-refractivity contribution in [2.75, 3.05) is 7.11 Å². The highest BCUT2D eigenvalue weighted by atomic mass is 35.5. The summed E-state index contributed by atoms with van der Waals surface area (Å²) in [6, 6.07) is 20.1. The number of nitro benzene ring substituents is 1. The summed E-state index contributed by atoms with van der Waals surface area (Å²) in [5.74, 6) is 0.165. The van der Waals surface area contributed by atoms with E-state index in [0.29, 0.717) is 19.9 Å². The molecule has 1 unspecified atom stereocenters. The van der Waals surface area contributed by atoms with Gasteiger partial charge in [-0.1, -0.05) is 65.4 Å². The van der Waals surface area contributed by atoms with Crippen molar-refractivity contribution in [3.63, 3.8) is 0 Å². The number of fused-ring (bicyclic) bond motifs is 3. The van der Waals surface area contributed by atoms with Crippen LogP contribution >= 0.6 is 22.9 Å². The minimum Gasteiger partial charge on any atom is -0.490 e. The molecule has 7 nitrogen and oxygen atoms in total. The number of methoxy groups -OCH3 is 1. The third kappa shape index (κ3) is 3.98.